The molecule has 2 N–H and O–H groups in total. The summed E-state index contributed by atoms with van der Waals surface area (Å²) in [5.41, 5.74) is 5.85. The Morgan fingerprint density at radius 3 is 2.47 bits per heavy atom. The molecule has 3 nitrogen and oxygen atoms in total. The second-order valence-electron chi connectivity index (χ2n) is 2.94. The van der Waals surface area contributed by atoms with Crippen molar-refractivity contribution in [1.82, 2.24) is 0 Å². The van der Waals surface area contributed by atoms with Gasteiger partial charge in [0.05, 0.1) is 0 Å². The van der Waals surface area contributed by atoms with Gasteiger partial charge in [-0.2, -0.15) is 4.39 Å². The minimum Gasteiger partial charge on any atom is -0.447 e. The Hall–Kier alpha value is -0.580. The zero-order valence-corrected chi connectivity index (χ0v) is 9.41. The summed E-state index contributed by atoms with van der Waals surface area (Å²) in [6, 6.07) is 4.34. The minimum absolute atomic E-state index is 0.0458. The molecule has 0 aliphatic carbocycles. The first-order valence-electron chi connectivity index (χ1n) is 3.85. The fraction of sp³-hybridized carbons (Fsp3) is 0.250. The van der Waals surface area contributed by atoms with Gasteiger partial charge in [-0.05, 0) is 46.9 Å². The van der Waals surface area contributed by atoms with E-state index in [4.69, 9.17) is 50.0 Å². The van der Waals surface area contributed by atoms with Gasteiger partial charge in [-0.3, -0.25) is 0 Å². The SMILES string of the molecule is Nc1ccc2c(c1)O[C@@](F)(Cl)C(Cl)(Cl)O2. The monoisotopic (exact) mass is 271 g/mol. The second kappa shape index (κ2) is 3.20. The normalized spacial score (nSPS) is 27.5. The van der Waals surface area contributed by atoms with Gasteiger partial charge >= 0.3 is 9.83 Å². The molecule has 0 fully saturated rings. The Balaban J connectivity index is 2.47. The summed E-state index contributed by atoms with van der Waals surface area (Å²) in [5, 5.41) is -2.86. The molecule has 0 aromatic heterocycles. The van der Waals surface area contributed by atoms with Gasteiger partial charge in [0.1, 0.15) is 0 Å². The number of hydrogen-bond donors (Lipinski definition) is 1. The molecule has 0 amide bonds. The molecule has 0 saturated heterocycles. The molecule has 1 aromatic carbocycles. The quantitative estimate of drug-likeness (QED) is 0.583. The molecule has 82 valence electrons. The van der Waals surface area contributed by atoms with Crippen molar-refractivity contribution in [1.29, 1.82) is 0 Å². The van der Waals surface area contributed by atoms with Crippen LogP contribution in [-0.2, 0) is 0 Å². The van der Waals surface area contributed by atoms with E-state index in [0.717, 1.165) is 0 Å². The molecular formula is C8H5Cl3FNO2. The maximum Gasteiger partial charge on any atom is 0.397 e. The second-order valence-corrected chi connectivity index (χ2v) is 4.69. The highest BCUT2D eigenvalue weighted by molar-refractivity contribution is 6.52. The number of anilines is 1. The third kappa shape index (κ3) is 1.77. The van der Waals surface area contributed by atoms with Crippen LogP contribution in [0.25, 0.3) is 0 Å². The summed E-state index contributed by atoms with van der Waals surface area (Å²) < 4.78 is 20.9. The van der Waals surface area contributed by atoms with Crippen LogP contribution in [0.5, 0.6) is 11.5 Å². The zero-order valence-electron chi connectivity index (χ0n) is 7.14. The smallest absolute Gasteiger partial charge is 0.397 e. The van der Waals surface area contributed by atoms with Crippen LogP contribution in [0.15, 0.2) is 18.2 Å². The Morgan fingerprint density at radius 1 is 1.13 bits per heavy atom. The molecule has 1 atom stereocenters. The lowest BCUT2D eigenvalue weighted by Crippen LogP contribution is -2.49. The van der Waals surface area contributed by atoms with Crippen LogP contribution in [0.4, 0.5) is 10.1 Å². The summed E-state index contributed by atoms with van der Waals surface area (Å²) >= 11 is 16.3. The van der Waals surface area contributed by atoms with E-state index in [1.807, 2.05) is 0 Å². The van der Waals surface area contributed by atoms with E-state index in [2.05, 4.69) is 0 Å². The summed E-state index contributed by atoms with van der Waals surface area (Å²) in [6.45, 7) is 0. The third-order valence-corrected chi connectivity index (χ3v) is 2.96. The average Bonchev–Trinajstić information content (AvgIpc) is 2.07. The number of nitrogen functional groups attached to an aromatic ring is 1. The fourth-order valence-electron chi connectivity index (χ4n) is 1.08. The Bertz CT molecular complexity index is 411. The van der Waals surface area contributed by atoms with Crippen molar-refractivity contribution in [2.24, 2.45) is 0 Å². The van der Waals surface area contributed by atoms with E-state index in [1.54, 1.807) is 0 Å². The maximum atomic E-state index is 13.6. The molecule has 0 spiro atoms. The van der Waals surface area contributed by atoms with Gasteiger partial charge in [-0.25, -0.2) is 0 Å². The molecule has 1 aromatic rings. The number of nitrogens with two attached hydrogens (primary N) is 1. The van der Waals surface area contributed by atoms with E-state index < -0.39 is 9.83 Å². The Kier molecular flexibility index (Phi) is 2.33. The molecule has 1 aliphatic rings. The number of alkyl halides is 4. The number of fused-ring (bicyclic) bond motifs is 1. The van der Waals surface area contributed by atoms with Crippen molar-refractivity contribution in [3.8, 4) is 11.5 Å². The van der Waals surface area contributed by atoms with Crippen molar-refractivity contribution >= 4 is 40.5 Å². The van der Waals surface area contributed by atoms with Gasteiger partial charge in [0.25, 0.3) is 0 Å². The van der Waals surface area contributed by atoms with Crippen LogP contribution in [0, 0.1) is 0 Å². The van der Waals surface area contributed by atoms with Crippen LogP contribution in [0.3, 0.4) is 0 Å². The lowest BCUT2D eigenvalue weighted by atomic mass is 10.2. The first-order chi connectivity index (χ1) is 6.82. The molecule has 0 saturated carbocycles. The fourth-order valence-corrected chi connectivity index (χ4v) is 1.45. The average molecular weight is 272 g/mol. The highest BCUT2D eigenvalue weighted by atomic mass is 35.5. The molecule has 15 heavy (non-hydrogen) atoms. The zero-order chi connectivity index (χ0) is 11.3. The standard InChI is InChI=1S/C8H5Cl3FNO2/c9-7(10)8(11,12)15-6-3-4(13)1-2-5(6)14-7/h1-3H,13H2/t8-/m1/s1. The van der Waals surface area contributed by atoms with Gasteiger partial charge < -0.3 is 15.2 Å². The summed E-state index contributed by atoms with van der Waals surface area (Å²) in [4.78, 5) is 0. The van der Waals surface area contributed by atoms with Crippen LogP contribution in [-0.4, -0.2) is 9.83 Å². The lowest BCUT2D eigenvalue weighted by Gasteiger charge is -2.36. The molecule has 0 unspecified atom stereocenters. The highest BCUT2D eigenvalue weighted by Gasteiger charge is 2.58. The predicted octanol–water partition coefficient (Wildman–Crippen LogP) is 3.03. The first-order valence-corrected chi connectivity index (χ1v) is 4.98. The van der Waals surface area contributed by atoms with Crippen molar-refractivity contribution in [3.05, 3.63) is 18.2 Å². The number of ether oxygens (including phenoxy) is 2. The van der Waals surface area contributed by atoms with Gasteiger partial charge in [-0.15, -0.1) is 0 Å². The molecule has 0 radical (unpaired) electrons. The lowest BCUT2D eigenvalue weighted by molar-refractivity contribution is -0.0802. The van der Waals surface area contributed by atoms with Crippen molar-refractivity contribution in [2.45, 2.75) is 9.83 Å². The van der Waals surface area contributed by atoms with E-state index in [9.17, 15) is 4.39 Å². The van der Waals surface area contributed by atoms with Crippen LogP contribution in [0.1, 0.15) is 0 Å². The van der Waals surface area contributed by atoms with E-state index >= 15 is 0 Å². The van der Waals surface area contributed by atoms with Crippen LogP contribution >= 0.6 is 34.8 Å². The van der Waals surface area contributed by atoms with Gasteiger partial charge in [-0.1, -0.05) is 0 Å². The van der Waals surface area contributed by atoms with E-state index in [0.29, 0.717) is 5.69 Å². The Labute approximate surface area is 99.8 Å². The summed E-state index contributed by atoms with van der Waals surface area (Å²) in [6.07, 6.45) is 0. The molecule has 2 rings (SSSR count). The molecule has 1 aliphatic heterocycles. The molecular weight excluding hydrogens is 267 g/mol. The molecule has 7 heteroatoms. The number of hydrogen-bond acceptors (Lipinski definition) is 3. The largest absolute Gasteiger partial charge is 0.447 e. The van der Waals surface area contributed by atoms with E-state index in [-0.39, 0.29) is 11.5 Å². The topological polar surface area (TPSA) is 44.5 Å². The minimum atomic E-state index is -2.86. The number of rotatable bonds is 0. The highest BCUT2D eigenvalue weighted by Crippen LogP contribution is 2.50. The first kappa shape index (κ1) is 10.9. The molecule has 0 bridgehead atoms. The van der Waals surface area contributed by atoms with Gasteiger partial charge in [0.2, 0.25) is 0 Å². The summed E-state index contributed by atoms with van der Waals surface area (Å²) in [7, 11) is 0. The van der Waals surface area contributed by atoms with E-state index in [1.165, 1.54) is 18.2 Å². The van der Waals surface area contributed by atoms with Crippen molar-refractivity contribution in [2.75, 3.05) is 5.73 Å². The predicted molar refractivity (Wildman–Crippen MR) is 56.2 cm³/mol. The Morgan fingerprint density at radius 2 is 1.80 bits per heavy atom. The van der Waals surface area contributed by atoms with Gasteiger partial charge in [0, 0.05) is 11.8 Å². The van der Waals surface area contributed by atoms with Gasteiger partial charge in [0.15, 0.2) is 11.5 Å². The van der Waals surface area contributed by atoms with Crippen LogP contribution in [0.2, 0.25) is 0 Å². The maximum absolute atomic E-state index is 13.6. The van der Waals surface area contributed by atoms with Crippen LogP contribution < -0.4 is 15.2 Å². The summed E-state index contributed by atoms with van der Waals surface area (Å²) in [5.74, 6) is 0.215. The van der Waals surface area contributed by atoms with Crippen molar-refractivity contribution < 1.29 is 13.9 Å². The van der Waals surface area contributed by atoms with Crippen molar-refractivity contribution in [3.63, 3.8) is 0 Å². The third-order valence-electron chi connectivity index (χ3n) is 1.78. The number of halogens is 4. The number of benzene rings is 1. The molecule has 1 heterocycles.